The third-order valence-electron chi connectivity index (χ3n) is 27.8. The summed E-state index contributed by atoms with van der Waals surface area (Å²) in [5.41, 5.74) is 9.50. The van der Waals surface area contributed by atoms with Crippen molar-refractivity contribution in [2.24, 2.45) is 108 Å². The van der Waals surface area contributed by atoms with Crippen LogP contribution in [-0.4, -0.2) is 34.7 Å². The second-order valence-corrected chi connectivity index (χ2v) is 30.1. The molecule has 17 rings (SSSR count). The smallest absolute Gasteiger partial charge is 0.156 e. The Morgan fingerprint density at radius 2 is 0.797 bits per heavy atom. The van der Waals surface area contributed by atoms with Gasteiger partial charge in [-0.3, -0.25) is 28.8 Å². The fourth-order valence-electron chi connectivity index (χ4n) is 23.6. The average molecular weight is 995 g/mol. The third-order valence-corrected chi connectivity index (χ3v) is 27.8. The quantitative estimate of drug-likeness (QED) is 0.224. The summed E-state index contributed by atoms with van der Waals surface area (Å²) in [6, 6.07) is 0. The summed E-state index contributed by atoms with van der Waals surface area (Å²) in [7, 11) is 0. The number of rotatable bonds is 0. The van der Waals surface area contributed by atoms with Crippen molar-refractivity contribution in [3.63, 3.8) is 0 Å². The van der Waals surface area contributed by atoms with Gasteiger partial charge >= 0.3 is 0 Å². The molecule has 0 N–H and O–H groups in total. The predicted molar refractivity (Wildman–Crippen MR) is 285 cm³/mol. The van der Waals surface area contributed by atoms with Gasteiger partial charge < -0.3 is 0 Å². The van der Waals surface area contributed by atoms with E-state index in [2.05, 4.69) is 71.9 Å². The van der Waals surface area contributed by atoms with Crippen molar-refractivity contribution in [2.45, 2.75) is 189 Å². The van der Waals surface area contributed by atoms with E-state index >= 15 is 0 Å². The average Bonchev–Trinajstić information content (AvgIpc) is 4.20. The van der Waals surface area contributed by atoms with E-state index in [1.807, 2.05) is 18.2 Å². The molecule has 0 heterocycles. The molecule has 0 aromatic heterocycles. The van der Waals surface area contributed by atoms with Crippen LogP contribution in [0.3, 0.4) is 0 Å². The Morgan fingerprint density at radius 3 is 1.26 bits per heavy atom. The van der Waals surface area contributed by atoms with Crippen LogP contribution in [0.15, 0.2) is 82.0 Å². The lowest BCUT2D eigenvalue weighted by molar-refractivity contribution is -0.131. The van der Waals surface area contributed by atoms with Gasteiger partial charge in [-0.05, 0) is 219 Å². The highest BCUT2D eigenvalue weighted by molar-refractivity contribution is 5.96. The maximum atomic E-state index is 13.1. The van der Waals surface area contributed by atoms with E-state index in [1.165, 1.54) is 48.0 Å². The fourth-order valence-corrected chi connectivity index (χ4v) is 23.6. The highest BCUT2D eigenvalue weighted by Crippen LogP contribution is 2.79. The molecule has 0 bridgehead atoms. The molecular weight excluding hydrogens is 913 g/mol. The molecule has 15 unspecified atom stereocenters. The summed E-state index contributed by atoms with van der Waals surface area (Å²) < 4.78 is 0. The fraction of sp³-hybridized carbons (Fsp3) is 0.706. The Kier molecular flexibility index (Phi) is 9.52. The predicted octanol–water partition coefficient (Wildman–Crippen LogP) is 13.9. The van der Waals surface area contributed by atoms with Gasteiger partial charge in [0.2, 0.25) is 0 Å². The molecule has 6 heteroatoms. The van der Waals surface area contributed by atoms with Gasteiger partial charge in [0, 0.05) is 44.4 Å². The first-order valence-corrected chi connectivity index (χ1v) is 30.4. The van der Waals surface area contributed by atoms with Crippen molar-refractivity contribution in [3.8, 4) is 0 Å². The van der Waals surface area contributed by atoms with Crippen molar-refractivity contribution < 1.29 is 28.8 Å². The zero-order valence-electron chi connectivity index (χ0n) is 45.6. The number of carbonyl (C=O) groups excluding carboxylic acids is 6. The van der Waals surface area contributed by atoms with Crippen LogP contribution in [-0.2, 0) is 28.8 Å². The van der Waals surface area contributed by atoms with E-state index in [4.69, 9.17) is 0 Å². The summed E-state index contributed by atoms with van der Waals surface area (Å²) >= 11 is 0. The molecule has 0 saturated heterocycles. The van der Waals surface area contributed by atoms with Crippen LogP contribution in [0, 0.1) is 108 Å². The number of allylic oxidation sites excluding steroid dienone is 14. The number of fused-ring (bicyclic) bond motifs is 18. The summed E-state index contributed by atoms with van der Waals surface area (Å²) in [6.45, 7) is 14.4. The van der Waals surface area contributed by atoms with Crippen LogP contribution < -0.4 is 0 Å². The SMILES string of the molecule is CC12CCC(=O)C=C1C1CC1C1C3=CC[C@@]4(C)CCC(=O)C34CCC12.CC12CCC(=O)C=C1C=CC1C3=CC[C@@]4(C)CCC(=O)C34CCC12.CC12CCC(=O)C=C1[C@H]1CC1C1C3=CC[C@@]4(C)CCC(=O)C34CCC12. The Balaban J connectivity index is 0.0000000981. The zero-order chi connectivity index (χ0) is 51.1. The van der Waals surface area contributed by atoms with Crippen LogP contribution >= 0.6 is 0 Å². The second kappa shape index (κ2) is 14.9. The first-order chi connectivity index (χ1) is 35.2. The third kappa shape index (κ3) is 5.52. The molecule has 6 nitrogen and oxygen atoms in total. The molecule has 19 atom stereocenters. The number of Topliss-reactive ketones (excluding diaryl/α,β-unsaturated/α-hetero) is 3. The number of ketones is 6. The Labute approximate surface area is 440 Å². The lowest BCUT2D eigenvalue weighted by Crippen LogP contribution is -2.52. The lowest BCUT2D eigenvalue weighted by atomic mass is 9.46. The van der Waals surface area contributed by atoms with Crippen LogP contribution in [0.1, 0.15) is 189 Å². The minimum Gasteiger partial charge on any atom is -0.299 e. The van der Waals surface area contributed by atoms with E-state index in [0.29, 0.717) is 82.7 Å². The molecule has 0 aromatic rings. The van der Waals surface area contributed by atoms with E-state index < -0.39 is 0 Å². The van der Waals surface area contributed by atoms with Crippen molar-refractivity contribution in [2.75, 3.05) is 0 Å². The van der Waals surface area contributed by atoms with Crippen LogP contribution in [0.5, 0.6) is 0 Å². The first-order valence-electron chi connectivity index (χ1n) is 30.4. The van der Waals surface area contributed by atoms with Crippen LogP contribution in [0.2, 0.25) is 0 Å². The molecule has 0 aromatic carbocycles. The zero-order valence-corrected chi connectivity index (χ0v) is 45.6. The minimum atomic E-state index is -0.166. The monoisotopic (exact) mass is 995 g/mol. The Hall–Kier alpha value is -3.80. The molecule has 3 spiro atoms. The van der Waals surface area contributed by atoms with E-state index in [1.54, 1.807) is 11.1 Å². The van der Waals surface area contributed by atoms with Gasteiger partial charge in [-0.15, -0.1) is 0 Å². The molecule has 0 aliphatic heterocycles. The largest absolute Gasteiger partial charge is 0.299 e. The molecule has 17 aliphatic carbocycles. The van der Waals surface area contributed by atoms with Gasteiger partial charge in [0.1, 0.15) is 17.3 Å². The highest BCUT2D eigenvalue weighted by atomic mass is 16.1. The van der Waals surface area contributed by atoms with Crippen molar-refractivity contribution in [1.29, 1.82) is 0 Å². The van der Waals surface area contributed by atoms with E-state index in [-0.39, 0.29) is 54.5 Å². The Bertz CT molecular complexity index is 2820. The summed E-state index contributed by atoms with van der Waals surface area (Å²) in [6.07, 6.45) is 41.2. The lowest BCUT2D eigenvalue weighted by Gasteiger charge is -2.56. The van der Waals surface area contributed by atoms with Crippen molar-refractivity contribution >= 4 is 34.7 Å². The topological polar surface area (TPSA) is 102 Å². The molecule has 0 amide bonds. The van der Waals surface area contributed by atoms with Gasteiger partial charge in [-0.1, -0.05) is 99.8 Å². The number of hydrogen-bond acceptors (Lipinski definition) is 6. The molecular formula is C68H82O6. The van der Waals surface area contributed by atoms with Crippen molar-refractivity contribution in [1.82, 2.24) is 0 Å². The van der Waals surface area contributed by atoms with Crippen molar-refractivity contribution in [3.05, 3.63) is 82.0 Å². The van der Waals surface area contributed by atoms with Gasteiger partial charge in [-0.25, -0.2) is 0 Å². The maximum absolute atomic E-state index is 13.1. The molecule has 17 aliphatic rings. The van der Waals surface area contributed by atoms with Crippen LogP contribution in [0.25, 0.3) is 0 Å². The Morgan fingerprint density at radius 1 is 0.405 bits per heavy atom. The minimum absolute atomic E-state index is 0.108. The second-order valence-electron chi connectivity index (χ2n) is 30.1. The molecule has 10 fully saturated rings. The van der Waals surface area contributed by atoms with Gasteiger partial charge in [0.05, 0.1) is 16.2 Å². The van der Waals surface area contributed by atoms with E-state index in [0.717, 1.165) is 127 Å². The molecule has 74 heavy (non-hydrogen) atoms. The van der Waals surface area contributed by atoms with Gasteiger partial charge in [0.15, 0.2) is 17.3 Å². The number of carbonyl (C=O) groups is 6. The standard InChI is InChI=1S/2C23H28O2.C22H26O2/c2*1-21-7-4-17-20-15-12-14(15)18-11-13(24)3-9-22(18,2)16(20)5-10-23(17,21)19(25)6-8-21;1-20-9-6-18-16-4-3-14-13-15(23)5-11-21(14,2)17(16)7-12-22(18,20)19(24)8-10-20/h2*4,11,14-16,20H,3,5-10,12H2,1-2H3;3-4,6,13,16-17H,5,7-12H2,1-2H3/t14?,15?,16?,20?,21-,22?,23?;14-,15?,16?,20?,21-,22?,23?;16?,17?,20-,21?,22?/m000/s1. The molecule has 10 saturated carbocycles. The first kappa shape index (κ1) is 47.4. The highest BCUT2D eigenvalue weighted by Gasteiger charge is 2.73. The van der Waals surface area contributed by atoms with E-state index in [9.17, 15) is 28.8 Å². The molecule has 390 valence electrons. The molecule has 0 radical (unpaired) electrons. The number of hydrogen-bond donors (Lipinski definition) is 0. The van der Waals surface area contributed by atoms with Gasteiger partial charge in [-0.2, -0.15) is 0 Å². The summed E-state index contributed by atoms with van der Waals surface area (Å²) in [4.78, 5) is 75.2. The van der Waals surface area contributed by atoms with Crippen LogP contribution in [0.4, 0.5) is 0 Å². The summed E-state index contributed by atoms with van der Waals surface area (Å²) in [5, 5.41) is 0. The normalized spacial score (nSPS) is 53.4. The van der Waals surface area contributed by atoms with Gasteiger partial charge in [0.25, 0.3) is 0 Å². The summed E-state index contributed by atoms with van der Waals surface area (Å²) in [5.74, 6) is 8.80. The maximum Gasteiger partial charge on any atom is 0.156 e.